The third kappa shape index (κ3) is 3.69. The highest BCUT2D eigenvalue weighted by atomic mass is 19.1. The first-order valence-electron chi connectivity index (χ1n) is 8.92. The minimum absolute atomic E-state index is 0.0255. The van der Waals surface area contributed by atoms with Gasteiger partial charge in [0.15, 0.2) is 0 Å². The van der Waals surface area contributed by atoms with Crippen LogP contribution in [0.3, 0.4) is 0 Å². The van der Waals surface area contributed by atoms with Crippen molar-refractivity contribution in [1.29, 1.82) is 0 Å². The SMILES string of the molecule is C[C@H](CO)CC[C@@H]1[C@H](C)c2cc(F)cc(F)c2N[C@@H]1c1ccccc1. The topological polar surface area (TPSA) is 32.3 Å². The summed E-state index contributed by atoms with van der Waals surface area (Å²) in [5.41, 5.74) is 2.21. The lowest BCUT2D eigenvalue weighted by Gasteiger charge is -2.40. The summed E-state index contributed by atoms with van der Waals surface area (Å²) in [5.74, 6) is -0.632. The predicted octanol–water partition coefficient (Wildman–Crippen LogP) is 5.26. The summed E-state index contributed by atoms with van der Waals surface area (Å²) in [7, 11) is 0. The molecule has 134 valence electrons. The summed E-state index contributed by atoms with van der Waals surface area (Å²) >= 11 is 0. The van der Waals surface area contributed by atoms with E-state index in [9.17, 15) is 13.9 Å². The summed E-state index contributed by atoms with van der Waals surface area (Å²) in [5, 5.41) is 12.7. The van der Waals surface area contributed by atoms with Crippen LogP contribution >= 0.6 is 0 Å². The van der Waals surface area contributed by atoms with Crippen LogP contribution in [0.25, 0.3) is 0 Å². The molecule has 0 bridgehead atoms. The van der Waals surface area contributed by atoms with E-state index in [0.29, 0.717) is 11.3 Å². The molecule has 0 unspecified atom stereocenters. The van der Waals surface area contributed by atoms with Gasteiger partial charge in [-0.2, -0.15) is 0 Å². The van der Waals surface area contributed by atoms with E-state index in [0.717, 1.165) is 24.5 Å². The van der Waals surface area contributed by atoms with E-state index in [1.165, 1.54) is 6.07 Å². The van der Waals surface area contributed by atoms with Gasteiger partial charge in [-0.15, -0.1) is 0 Å². The van der Waals surface area contributed by atoms with Crippen molar-refractivity contribution in [1.82, 2.24) is 0 Å². The Morgan fingerprint density at radius 3 is 2.56 bits per heavy atom. The van der Waals surface area contributed by atoms with Crippen molar-refractivity contribution in [3.05, 3.63) is 65.2 Å². The first-order valence-corrected chi connectivity index (χ1v) is 8.92. The van der Waals surface area contributed by atoms with Crippen LogP contribution < -0.4 is 5.32 Å². The number of aliphatic hydroxyl groups excluding tert-OH is 1. The highest BCUT2D eigenvalue weighted by Gasteiger charge is 2.36. The predicted molar refractivity (Wildman–Crippen MR) is 96.6 cm³/mol. The molecule has 3 rings (SSSR count). The number of nitrogens with one attached hydrogen (secondary N) is 1. The average Bonchev–Trinajstić information content (AvgIpc) is 2.61. The summed E-state index contributed by atoms with van der Waals surface area (Å²) in [4.78, 5) is 0. The fourth-order valence-corrected chi connectivity index (χ4v) is 3.86. The molecule has 0 radical (unpaired) electrons. The van der Waals surface area contributed by atoms with Crippen molar-refractivity contribution < 1.29 is 13.9 Å². The van der Waals surface area contributed by atoms with E-state index >= 15 is 0 Å². The molecule has 4 heteroatoms. The zero-order valence-electron chi connectivity index (χ0n) is 14.7. The van der Waals surface area contributed by atoms with Gasteiger partial charge in [-0.05, 0) is 47.8 Å². The Hall–Kier alpha value is -1.94. The standard InChI is InChI=1S/C21H25F2NO/c1-13(12-25)8-9-17-14(2)18-10-16(22)11-19(23)21(18)24-20(17)15-6-4-3-5-7-15/h3-7,10-11,13-14,17,20,24-25H,8-9,12H2,1-2H3/t13-,14-,17+,20+/m0/s1. The first kappa shape index (κ1) is 17.9. The van der Waals surface area contributed by atoms with Crippen LogP contribution in [0.1, 0.15) is 49.8 Å². The molecule has 0 fully saturated rings. The number of fused-ring (bicyclic) bond motifs is 1. The number of aliphatic hydroxyl groups is 1. The number of hydrogen-bond acceptors (Lipinski definition) is 2. The van der Waals surface area contributed by atoms with Gasteiger partial charge in [0.2, 0.25) is 0 Å². The van der Waals surface area contributed by atoms with Crippen LogP contribution in [0.2, 0.25) is 0 Å². The van der Waals surface area contributed by atoms with Gasteiger partial charge in [-0.25, -0.2) is 8.78 Å². The normalized spacial score (nSPS) is 23.6. The lowest BCUT2D eigenvalue weighted by Crippen LogP contribution is -2.32. The van der Waals surface area contributed by atoms with Crippen LogP contribution in [0.15, 0.2) is 42.5 Å². The van der Waals surface area contributed by atoms with E-state index in [2.05, 4.69) is 5.32 Å². The number of benzene rings is 2. The molecule has 2 N–H and O–H groups in total. The Balaban J connectivity index is 1.99. The third-order valence-electron chi connectivity index (χ3n) is 5.41. The molecule has 1 aliphatic heterocycles. The van der Waals surface area contributed by atoms with E-state index in [1.54, 1.807) is 0 Å². The molecular formula is C21H25F2NO. The molecule has 0 aromatic heterocycles. The van der Waals surface area contributed by atoms with Gasteiger partial charge in [0.05, 0.1) is 11.7 Å². The van der Waals surface area contributed by atoms with Gasteiger partial charge >= 0.3 is 0 Å². The fourth-order valence-electron chi connectivity index (χ4n) is 3.86. The van der Waals surface area contributed by atoms with Crippen molar-refractivity contribution in [3.8, 4) is 0 Å². The Kier molecular flexibility index (Phi) is 5.38. The Labute approximate surface area is 147 Å². The quantitative estimate of drug-likeness (QED) is 0.775. The number of halogens is 2. The van der Waals surface area contributed by atoms with E-state index in [-0.39, 0.29) is 30.4 Å². The molecule has 4 atom stereocenters. The zero-order chi connectivity index (χ0) is 18.0. The van der Waals surface area contributed by atoms with Gasteiger partial charge in [0.25, 0.3) is 0 Å². The van der Waals surface area contributed by atoms with Crippen molar-refractivity contribution in [2.75, 3.05) is 11.9 Å². The maximum Gasteiger partial charge on any atom is 0.149 e. The first-order chi connectivity index (χ1) is 12.0. The van der Waals surface area contributed by atoms with E-state index in [1.807, 2.05) is 44.2 Å². The summed E-state index contributed by atoms with van der Waals surface area (Å²) < 4.78 is 28.1. The second-order valence-corrected chi connectivity index (χ2v) is 7.20. The molecule has 1 heterocycles. The van der Waals surface area contributed by atoms with Gasteiger partial charge < -0.3 is 10.4 Å². The summed E-state index contributed by atoms with van der Waals surface area (Å²) in [6, 6.07) is 12.3. The molecule has 25 heavy (non-hydrogen) atoms. The number of rotatable bonds is 5. The highest BCUT2D eigenvalue weighted by Crippen LogP contribution is 2.47. The van der Waals surface area contributed by atoms with Crippen molar-refractivity contribution in [3.63, 3.8) is 0 Å². The molecule has 0 saturated carbocycles. The molecule has 2 aromatic carbocycles. The largest absolute Gasteiger partial charge is 0.396 e. The Morgan fingerprint density at radius 1 is 1.16 bits per heavy atom. The van der Waals surface area contributed by atoms with Crippen molar-refractivity contribution >= 4 is 5.69 Å². The molecular weight excluding hydrogens is 320 g/mol. The lowest BCUT2D eigenvalue weighted by atomic mass is 9.73. The second kappa shape index (κ2) is 7.52. The zero-order valence-corrected chi connectivity index (χ0v) is 14.7. The van der Waals surface area contributed by atoms with Gasteiger partial charge in [-0.1, -0.05) is 44.2 Å². The molecule has 0 spiro atoms. The van der Waals surface area contributed by atoms with Gasteiger partial charge in [0.1, 0.15) is 11.6 Å². The fraction of sp³-hybridized carbons (Fsp3) is 0.429. The van der Waals surface area contributed by atoms with Crippen LogP contribution in [-0.2, 0) is 0 Å². The van der Waals surface area contributed by atoms with E-state index < -0.39 is 11.6 Å². The number of anilines is 1. The van der Waals surface area contributed by atoms with Crippen LogP contribution in [0.4, 0.5) is 14.5 Å². The molecule has 2 aromatic rings. The monoisotopic (exact) mass is 345 g/mol. The summed E-state index contributed by atoms with van der Waals surface area (Å²) in [6.07, 6.45) is 1.76. The average molecular weight is 345 g/mol. The minimum Gasteiger partial charge on any atom is -0.396 e. The van der Waals surface area contributed by atoms with Crippen molar-refractivity contribution in [2.45, 2.75) is 38.6 Å². The lowest BCUT2D eigenvalue weighted by molar-refractivity contribution is 0.213. The van der Waals surface area contributed by atoms with Crippen LogP contribution in [0, 0.1) is 23.5 Å². The van der Waals surface area contributed by atoms with Crippen LogP contribution in [0.5, 0.6) is 0 Å². The molecule has 1 aliphatic rings. The molecule has 0 amide bonds. The van der Waals surface area contributed by atoms with Crippen molar-refractivity contribution in [2.24, 2.45) is 11.8 Å². The molecule has 0 aliphatic carbocycles. The second-order valence-electron chi connectivity index (χ2n) is 7.20. The summed E-state index contributed by atoms with van der Waals surface area (Å²) in [6.45, 7) is 4.22. The Morgan fingerprint density at radius 2 is 1.88 bits per heavy atom. The molecule has 2 nitrogen and oxygen atoms in total. The van der Waals surface area contributed by atoms with Gasteiger partial charge in [0, 0.05) is 12.7 Å². The Bertz CT molecular complexity index is 719. The van der Waals surface area contributed by atoms with Crippen LogP contribution in [-0.4, -0.2) is 11.7 Å². The maximum absolute atomic E-state index is 14.4. The minimum atomic E-state index is -0.537. The smallest absolute Gasteiger partial charge is 0.149 e. The number of hydrogen-bond donors (Lipinski definition) is 2. The maximum atomic E-state index is 14.4. The highest BCUT2D eigenvalue weighted by molar-refractivity contribution is 5.58. The molecule has 0 saturated heterocycles. The van der Waals surface area contributed by atoms with Gasteiger partial charge in [-0.3, -0.25) is 0 Å². The van der Waals surface area contributed by atoms with E-state index in [4.69, 9.17) is 0 Å². The third-order valence-corrected chi connectivity index (χ3v) is 5.41.